The van der Waals surface area contributed by atoms with Gasteiger partial charge in [-0.05, 0) is 30.5 Å². The molecule has 0 spiro atoms. The highest BCUT2D eigenvalue weighted by atomic mass is 35.5. The second-order valence-corrected chi connectivity index (χ2v) is 5.00. The van der Waals surface area contributed by atoms with Crippen molar-refractivity contribution in [2.24, 2.45) is 16.8 Å². The molecule has 1 aliphatic carbocycles. The molecule has 3 N–H and O–H groups in total. The Balaban J connectivity index is 2.02. The number of ether oxygens (including phenoxy) is 1. The maximum Gasteiger partial charge on any atom is 0.173 e. The van der Waals surface area contributed by atoms with Crippen LogP contribution in [0.5, 0.6) is 5.75 Å². The van der Waals surface area contributed by atoms with Gasteiger partial charge >= 0.3 is 0 Å². The largest absolute Gasteiger partial charge is 0.493 e. The Morgan fingerprint density at radius 1 is 1.50 bits per heavy atom. The maximum atomic E-state index is 8.72. The Labute approximate surface area is 111 Å². The minimum Gasteiger partial charge on any atom is -0.493 e. The van der Waals surface area contributed by atoms with Gasteiger partial charge in [-0.15, -0.1) is 0 Å². The van der Waals surface area contributed by atoms with Gasteiger partial charge in [-0.3, -0.25) is 0 Å². The lowest BCUT2D eigenvalue weighted by Gasteiger charge is -2.25. The molecular weight excluding hydrogens is 252 g/mol. The normalized spacial score (nSPS) is 16.4. The molecule has 0 bridgehead atoms. The quantitative estimate of drug-likeness (QED) is 0.373. The zero-order chi connectivity index (χ0) is 13.0. The Morgan fingerprint density at radius 2 is 2.28 bits per heavy atom. The highest BCUT2D eigenvalue weighted by Gasteiger charge is 2.17. The van der Waals surface area contributed by atoms with Gasteiger partial charge in [-0.1, -0.05) is 36.0 Å². The van der Waals surface area contributed by atoms with Crippen molar-refractivity contribution in [2.75, 3.05) is 6.61 Å². The van der Waals surface area contributed by atoms with Gasteiger partial charge < -0.3 is 15.7 Å². The lowest BCUT2D eigenvalue weighted by atomic mass is 9.83. The zero-order valence-electron chi connectivity index (χ0n) is 10.1. The van der Waals surface area contributed by atoms with Crippen LogP contribution in [0.4, 0.5) is 0 Å². The summed E-state index contributed by atoms with van der Waals surface area (Å²) in [6, 6.07) is 5.07. The van der Waals surface area contributed by atoms with Crippen LogP contribution in [0.3, 0.4) is 0 Å². The van der Waals surface area contributed by atoms with E-state index in [4.69, 9.17) is 27.3 Å². The van der Waals surface area contributed by atoms with Crippen LogP contribution < -0.4 is 10.5 Å². The molecule has 4 nitrogen and oxygen atoms in total. The van der Waals surface area contributed by atoms with Gasteiger partial charge in [0.05, 0.1) is 12.2 Å². The van der Waals surface area contributed by atoms with Crippen LogP contribution in [-0.2, 0) is 0 Å². The molecule has 1 aromatic carbocycles. The van der Waals surface area contributed by atoms with Gasteiger partial charge in [-0.25, -0.2) is 0 Å². The average molecular weight is 269 g/mol. The zero-order valence-corrected chi connectivity index (χ0v) is 10.9. The van der Waals surface area contributed by atoms with Gasteiger partial charge in [0.2, 0.25) is 0 Å². The van der Waals surface area contributed by atoms with E-state index in [9.17, 15) is 0 Å². The molecule has 1 aromatic rings. The first-order valence-corrected chi connectivity index (χ1v) is 6.48. The molecule has 5 heteroatoms. The molecule has 0 amide bonds. The van der Waals surface area contributed by atoms with Crippen molar-refractivity contribution in [3.8, 4) is 5.75 Å². The van der Waals surface area contributed by atoms with Crippen LogP contribution in [0.1, 0.15) is 31.2 Å². The van der Waals surface area contributed by atoms with Crippen LogP contribution in [0.25, 0.3) is 0 Å². The lowest BCUT2D eigenvalue weighted by Crippen LogP contribution is -2.17. The predicted molar refractivity (Wildman–Crippen MR) is 71.4 cm³/mol. The van der Waals surface area contributed by atoms with E-state index in [0.29, 0.717) is 22.9 Å². The van der Waals surface area contributed by atoms with Crippen LogP contribution in [0.15, 0.2) is 23.4 Å². The molecule has 0 saturated heterocycles. The SMILES string of the molecule is N/C(=N/O)c1ccc(Cl)cc1OCCC1CCC1. The van der Waals surface area contributed by atoms with Crippen LogP contribution in [-0.4, -0.2) is 17.6 Å². The average Bonchev–Trinajstić information content (AvgIpc) is 2.31. The van der Waals surface area contributed by atoms with E-state index in [1.807, 2.05) is 0 Å². The fraction of sp³-hybridized carbons (Fsp3) is 0.462. The van der Waals surface area contributed by atoms with Crippen molar-refractivity contribution in [1.82, 2.24) is 0 Å². The minimum atomic E-state index is 0.0327. The highest BCUT2D eigenvalue weighted by molar-refractivity contribution is 6.30. The first kappa shape index (κ1) is 13.0. The first-order chi connectivity index (χ1) is 8.70. The van der Waals surface area contributed by atoms with Crippen LogP contribution in [0.2, 0.25) is 5.02 Å². The molecular formula is C13H17ClN2O2. The summed E-state index contributed by atoms with van der Waals surface area (Å²) in [5, 5.41) is 12.3. The summed E-state index contributed by atoms with van der Waals surface area (Å²) in [6.07, 6.45) is 4.97. The summed E-state index contributed by atoms with van der Waals surface area (Å²) in [7, 11) is 0. The Bertz CT molecular complexity index is 445. The fourth-order valence-corrected chi connectivity index (χ4v) is 2.16. The van der Waals surface area contributed by atoms with E-state index >= 15 is 0 Å². The van der Waals surface area contributed by atoms with E-state index in [-0.39, 0.29) is 5.84 Å². The molecule has 18 heavy (non-hydrogen) atoms. The molecule has 0 unspecified atom stereocenters. The molecule has 0 atom stereocenters. The fourth-order valence-electron chi connectivity index (χ4n) is 2.00. The number of rotatable bonds is 5. The molecule has 98 valence electrons. The lowest BCUT2D eigenvalue weighted by molar-refractivity contribution is 0.221. The molecule has 0 aromatic heterocycles. The standard InChI is InChI=1S/C13H17ClN2O2/c14-10-4-5-11(13(15)16-17)12(8-10)18-7-6-9-2-1-3-9/h4-5,8-9,17H,1-3,6-7H2,(H2,15,16). The molecule has 0 aliphatic heterocycles. The second-order valence-electron chi connectivity index (χ2n) is 4.56. The highest BCUT2D eigenvalue weighted by Crippen LogP contribution is 2.30. The maximum absolute atomic E-state index is 8.72. The van der Waals surface area contributed by atoms with E-state index in [1.165, 1.54) is 19.3 Å². The number of nitrogens with two attached hydrogens (primary N) is 1. The number of oxime groups is 1. The predicted octanol–water partition coefficient (Wildman–Crippen LogP) is 3.00. The minimum absolute atomic E-state index is 0.0327. The number of halogens is 1. The van der Waals surface area contributed by atoms with Crippen LogP contribution in [0, 0.1) is 5.92 Å². The smallest absolute Gasteiger partial charge is 0.173 e. The van der Waals surface area contributed by atoms with Crippen molar-refractivity contribution in [3.05, 3.63) is 28.8 Å². The molecule has 1 aliphatic rings. The van der Waals surface area contributed by atoms with Gasteiger partial charge in [0, 0.05) is 5.02 Å². The Kier molecular flexibility index (Phi) is 4.31. The molecule has 0 radical (unpaired) electrons. The summed E-state index contributed by atoms with van der Waals surface area (Å²) in [5.74, 6) is 1.39. The van der Waals surface area contributed by atoms with Crippen molar-refractivity contribution in [2.45, 2.75) is 25.7 Å². The number of benzene rings is 1. The molecule has 1 fully saturated rings. The topological polar surface area (TPSA) is 67.8 Å². The second kappa shape index (κ2) is 5.96. The van der Waals surface area contributed by atoms with Crippen molar-refractivity contribution >= 4 is 17.4 Å². The number of amidine groups is 1. The van der Waals surface area contributed by atoms with E-state index in [0.717, 1.165) is 12.3 Å². The third-order valence-corrected chi connectivity index (χ3v) is 3.57. The van der Waals surface area contributed by atoms with Gasteiger partial charge in [0.1, 0.15) is 5.75 Å². The summed E-state index contributed by atoms with van der Waals surface area (Å²) in [5.41, 5.74) is 6.16. The number of hydrogen-bond donors (Lipinski definition) is 2. The third kappa shape index (κ3) is 3.07. The van der Waals surface area contributed by atoms with E-state index in [1.54, 1.807) is 18.2 Å². The molecule has 0 heterocycles. The van der Waals surface area contributed by atoms with Gasteiger partial charge in [0.25, 0.3) is 0 Å². The number of nitrogens with zero attached hydrogens (tertiary/aromatic N) is 1. The summed E-state index contributed by atoms with van der Waals surface area (Å²) >= 11 is 5.92. The van der Waals surface area contributed by atoms with E-state index < -0.39 is 0 Å². The Morgan fingerprint density at radius 3 is 2.89 bits per heavy atom. The summed E-state index contributed by atoms with van der Waals surface area (Å²) in [6.45, 7) is 0.636. The van der Waals surface area contributed by atoms with Crippen LogP contribution >= 0.6 is 11.6 Å². The number of hydrogen-bond acceptors (Lipinski definition) is 3. The van der Waals surface area contributed by atoms with Crippen molar-refractivity contribution in [3.63, 3.8) is 0 Å². The van der Waals surface area contributed by atoms with E-state index in [2.05, 4.69) is 5.16 Å². The molecule has 2 rings (SSSR count). The van der Waals surface area contributed by atoms with Gasteiger partial charge in [0.15, 0.2) is 5.84 Å². The monoisotopic (exact) mass is 268 g/mol. The molecule has 1 saturated carbocycles. The summed E-state index contributed by atoms with van der Waals surface area (Å²) in [4.78, 5) is 0. The van der Waals surface area contributed by atoms with Gasteiger partial charge in [-0.2, -0.15) is 0 Å². The third-order valence-electron chi connectivity index (χ3n) is 3.34. The van der Waals surface area contributed by atoms with Crippen molar-refractivity contribution < 1.29 is 9.94 Å². The first-order valence-electron chi connectivity index (χ1n) is 6.11. The van der Waals surface area contributed by atoms with Crippen molar-refractivity contribution in [1.29, 1.82) is 0 Å². The summed E-state index contributed by atoms with van der Waals surface area (Å²) < 4.78 is 5.69. The Hall–Kier alpha value is -1.42.